The van der Waals surface area contributed by atoms with Crippen LogP contribution in [0.3, 0.4) is 0 Å². The number of hydrogen-bond donors (Lipinski definition) is 0. The van der Waals surface area contributed by atoms with Crippen LogP contribution in [0.25, 0.3) is 0 Å². The minimum atomic E-state index is -2.72. The number of nitro benzene ring substituents is 1. The molecule has 3 nitrogen and oxygen atoms in total. The topological polar surface area (TPSA) is 43.1 Å². The van der Waals surface area contributed by atoms with Crippen molar-refractivity contribution in [1.29, 1.82) is 0 Å². The van der Waals surface area contributed by atoms with Gasteiger partial charge in [-0.05, 0) is 34.5 Å². The van der Waals surface area contributed by atoms with Gasteiger partial charge in [0.15, 0.2) is 0 Å². The molecule has 0 aliphatic heterocycles. The molecule has 6 heteroatoms. The zero-order valence-electron chi connectivity index (χ0n) is 7.13. The average molecular weight is 266 g/mol. The van der Waals surface area contributed by atoms with Crippen LogP contribution in [0.15, 0.2) is 16.6 Å². The number of benzene rings is 1. The second-order valence-electron chi connectivity index (χ2n) is 2.75. The largest absolute Gasteiger partial charge is 0.284 e. The Bertz CT molecular complexity index is 382. The van der Waals surface area contributed by atoms with Gasteiger partial charge in [-0.1, -0.05) is 0 Å². The van der Waals surface area contributed by atoms with Crippen LogP contribution < -0.4 is 0 Å². The predicted octanol–water partition coefficient (Wildman–Crippen LogP) is 3.60. The van der Waals surface area contributed by atoms with Gasteiger partial charge >= 0.3 is 0 Å². The molecule has 0 atom stereocenters. The highest BCUT2D eigenvalue weighted by molar-refractivity contribution is 9.10. The van der Waals surface area contributed by atoms with Gasteiger partial charge in [0.05, 0.1) is 4.92 Å². The standard InChI is InChI=1S/C8H6BrF2NO2/c1-4-2-5(8(10)11)7(9)6(3-4)12(13)14/h2-3,8H,1H3. The molecule has 0 saturated carbocycles. The molecule has 76 valence electrons. The molecule has 0 bridgehead atoms. The maximum atomic E-state index is 12.4. The molecule has 1 rings (SSSR count). The summed E-state index contributed by atoms with van der Waals surface area (Å²) in [6.07, 6.45) is -2.72. The smallest absolute Gasteiger partial charge is 0.258 e. The van der Waals surface area contributed by atoms with Crippen LogP contribution in [0.1, 0.15) is 17.6 Å². The minimum absolute atomic E-state index is 0.150. The molecule has 0 fully saturated rings. The summed E-state index contributed by atoms with van der Waals surface area (Å²) in [5.74, 6) is 0. The molecule has 1 aromatic carbocycles. The number of nitrogens with zero attached hydrogens (tertiary/aromatic N) is 1. The fraction of sp³-hybridized carbons (Fsp3) is 0.250. The number of rotatable bonds is 2. The monoisotopic (exact) mass is 265 g/mol. The van der Waals surface area contributed by atoms with E-state index in [-0.39, 0.29) is 15.7 Å². The van der Waals surface area contributed by atoms with Gasteiger partial charge in [0.1, 0.15) is 4.47 Å². The molecule has 0 aromatic heterocycles. The van der Waals surface area contributed by atoms with Gasteiger partial charge in [0.25, 0.3) is 12.1 Å². The predicted molar refractivity (Wildman–Crippen MR) is 50.5 cm³/mol. The molecule has 1 aromatic rings. The first-order valence-corrected chi connectivity index (χ1v) is 4.45. The van der Waals surface area contributed by atoms with E-state index in [1.165, 1.54) is 19.1 Å². The first-order chi connectivity index (χ1) is 6.43. The van der Waals surface area contributed by atoms with E-state index in [1.54, 1.807) is 0 Å². The zero-order valence-corrected chi connectivity index (χ0v) is 8.72. The summed E-state index contributed by atoms with van der Waals surface area (Å²) in [4.78, 5) is 9.79. The lowest BCUT2D eigenvalue weighted by molar-refractivity contribution is -0.385. The first kappa shape index (κ1) is 11.0. The van der Waals surface area contributed by atoms with Crippen molar-refractivity contribution < 1.29 is 13.7 Å². The van der Waals surface area contributed by atoms with Crippen LogP contribution in [-0.2, 0) is 0 Å². The number of halogens is 3. The third-order valence-electron chi connectivity index (χ3n) is 1.66. The highest BCUT2D eigenvalue weighted by Gasteiger charge is 2.21. The molecule has 14 heavy (non-hydrogen) atoms. The molecule has 0 amide bonds. The van der Waals surface area contributed by atoms with E-state index in [2.05, 4.69) is 15.9 Å². The maximum absolute atomic E-state index is 12.4. The van der Waals surface area contributed by atoms with Crippen LogP contribution in [0, 0.1) is 17.0 Å². The van der Waals surface area contributed by atoms with Crippen molar-refractivity contribution in [3.63, 3.8) is 0 Å². The third kappa shape index (κ3) is 2.06. The Morgan fingerprint density at radius 3 is 2.50 bits per heavy atom. The lowest BCUT2D eigenvalue weighted by Crippen LogP contribution is -1.95. The molecule has 0 radical (unpaired) electrons. The number of alkyl halides is 2. The quantitative estimate of drug-likeness (QED) is 0.606. The summed E-state index contributed by atoms with van der Waals surface area (Å²) in [6, 6.07) is 2.47. The summed E-state index contributed by atoms with van der Waals surface area (Å²) < 4.78 is 24.6. The van der Waals surface area contributed by atoms with Gasteiger partial charge in [0.2, 0.25) is 0 Å². The Hall–Kier alpha value is -1.04. The van der Waals surface area contributed by atoms with Gasteiger partial charge in [-0.2, -0.15) is 0 Å². The third-order valence-corrected chi connectivity index (χ3v) is 2.52. The number of hydrogen-bond acceptors (Lipinski definition) is 2. The second kappa shape index (κ2) is 4.00. The van der Waals surface area contributed by atoms with Crippen molar-refractivity contribution in [2.75, 3.05) is 0 Å². The van der Waals surface area contributed by atoms with Crippen LogP contribution >= 0.6 is 15.9 Å². The van der Waals surface area contributed by atoms with E-state index < -0.39 is 11.3 Å². The molecule has 0 aliphatic carbocycles. The van der Waals surface area contributed by atoms with Crippen LogP contribution in [0.4, 0.5) is 14.5 Å². The average Bonchev–Trinajstić information content (AvgIpc) is 2.07. The maximum Gasteiger partial charge on any atom is 0.284 e. The fourth-order valence-electron chi connectivity index (χ4n) is 1.07. The van der Waals surface area contributed by atoms with Crippen molar-refractivity contribution >= 4 is 21.6 Å². The first-order valence-electron chi connectivity index (χ1n) is 3.66. The van der Waals surface area contributed by atoms with Crippen LogP contribution in [0.2, 0.25) is 0 Å². The lowest BCUT2D eigenvalue weighted by Gasteiger charge is -2.05. The Morgan fingerprint density at radius 1 is 1.50 bits per heavy atom. The van der Waals surface area contributed by atoms with E-state index >= 15 is 0 Å². The number of aryl methyl sites for hydroxylation is 1. The van der Waals surface area contributed by atoms with Crippen molar-refractivity contribution in [3.8, 4) is 0 Å². The van der Waals surface area contributed by atoms with Crippen molar-refractivity contribution in [2.24, 2.45) is 0 Å². The Morgan fingerprint density at radius 2 is 2.07 bits per heavy atom. The zero-order chi connectivity index (χ0) is 10.9. The normalized spacial score (nSPS) is 10.6. The SMILES string of the molecule is Cc1cc(C(F)F)c(Br)c([N+](=O)[O-])c1. The van der Waals surface area contributed by atoms with Crippen molar-refractivity contribution in [1.82, 2.24) is 0 Å². The minimum Gasteiger partial charge on any atom is -0.258 e. The summed E-state index contributed by atoms with van der Waals surface area (Å²) in [5.41, 5.74) is -0.243. The Labute approximate surface area is 87.0 Å². The van der Waals surface area contributed by atoms with E-state index in [0.717, 1.165) is 0 Å². The van der Waals surface area contributed by atoms with Gasteiger partial charge in [-0.15, -0.1) is 0 Å². The van der Waals surface area contributed by atoms with Crippen LogP contribution in [0.5, 0.6) is 0 Å². The summed E-state index contributed by atoms with van der Waals surface area (Å²) >= 11 is 2.79. The highest BCUT2D eigenvalue weighted by atomic mass is 79.9. The molecule has 0 unspecified atom stereocenters. The lowest BCUT2D eigenvalue weighted by atomic mass is 10.1. The Balaban J connectivity index is 3.40. The number of nitro groups is 1. The van der Waals surface area contributed by atoms with Crippen molar-refractivity contribution in [2.45, 2.75) is 13.3 Å². The summed E-state index contributed by atoms with van der Waals surface area (Å²) in [5, 5.41) is 10.5. The fourth-order valence-corrected chi connectivity index (χ4v) is 1.62. The molecule has 0 N–H and O–H groups in total. The summed E-state index contributed by atoms with van der Waals surface area (Å²) in [6.45, 7) is 1.53. The molecule has 0 saturated heterocycles. The van der Waals surface area contributed by atoms with Crippen LogP contribution in [-0.4, -0.2) is 4.92 Å². The summed E-state index contributed by atoms with van der Waals surface area (Å²) in [7, 11) is 0. The molecule has 0 heterocycles. The van der Waals surface area contributed by atoms with Gasteiger partial charge < -0.3 is 0 Å². The molecule has 0 aliphatic rings. The van der Waals surface area contributed by atoms with Gasteiger partial charge in [-0.25, -0.2) is 8.78 Å². The van der Waals surface area contributed by atoms with E-state index in [4.69, 9.17) is 0 Å². The van der Waals surface area contributed by atoms with Gasteiger partial charge in [0, 0.05) is 11.6 Å². The molecular weight excluding hydrogens is 260 g/mol. The van der Waals surface area contributed by atoms with Gasteiger partial charge in [-0.3, -0.25) is 10.1 Å². The second-order valence-corrected chi connectivity index (χ2v) is 3.54. The molecule has 0 spiro atoms. The Kier molecular flexibility index (Phi) is 3.15. The van der Waals surface area contributed by atoms with E-state index in [1.807, 2.05) is 0 Å². The highest BCUT2D eigenvalue weighted by Crippen LogP contribution is 2.35. The molecular formula is C8H6BrF2NO2. The van der Waals surface area contributed by atoms with E-state index in [0.29, 0.717) is 5.56 Å². The van der Waals surface area contributed by atoms with Crippen molar-refractivity contribution in [3.05, 3.63) is 37.8 Å². The van der Waals surface area contributed by atoms with E-state index in [9.17, 15) is 18.9 Å².